The molecular weight excluding hydrogens is 599 g/mol. The molecule has 228 valence electrons. The molecule has 8 aromatic carbocycles. The van der Waals surface area contributed by atoms with E-state index in [2.05, 4.69) is 156 Å². The van der Waals surface area contributed by atoms with E-state index in [1.54, 1.807) is 6.26 Å². The molecule has 0 bridgehead atoms. The molecule has 0 aliphatic carbocycles. The van der Waals surface area contributed by atoms with Crippen LogP contribution in [0.2, 0.25) is 0 Å². The lowest BCUT2D eigenvalue weighted by Gasteiger charge is -2.18. The molecule has 0 atom stereocenters. The first-order valence-corrected chi connectivity index (χ1v) is 16.7. The molecule has 11 rings (SSSR count). The molecule has 0 saturated carbocycles. The molecule has 49 heavy (non-hydrogen) atoms. The van der Waals surface area contributed by atoms with Crippen molar-refractivity contribution in [2.45, 2.75) is 0 Å². The molecule has 3 nitrogen and oxygen atoms in total. The summed E-state index contributed by atoms with van der Waals surface area (Å²) in [7, 11) is 0. The summed E-state index contributed by atoms with van der Waals surface area (Å²) in [6.07, 6.45) is 1.73. The van der Waals surface area contributed by atoms with Crippen LogP contribution >= 0.6 is 0 Å². The molecule has 11 aromatic rings. The minimum atomic E-state index is 0.870. The minimum absolute atomic E-state index is 0.870. The summed E-state index contributed by atoms with van der Waals surface area (Å²) >= 11 is 0. The number of rotatable bonds is 3. The highest BCUT2D eigenvalue weighted by Gasteiger charge is 2.20. The summed E-state index contributed by atoms with van der Waals surface area (Å²) < 4.78 is 14.6. The molecule has 3 heteroatoms. The second-order valence-corrected chi connectivity index (χ2v) is 12.9. The van der Waals surface area contributed by atoms with E-state index in [1.165, 1.54) is 60.0 Å². The number of benzene rings is 8. The lowest BCUT2D eigenvalue weighted by Crippen LogP contribution is -1.94. The van der Waals surface area contributed by atoms with Gasteiger partial charge in [-0.05, 0) is 98.4 Å². The van der Waals surface area contributed by atoms with Crippen LogP contribution in [0.3, 0.4) is 0 Å². The van der Waals surface area contributed by atoms with Gasteiger partial charge < -0.3 is 13.4 Å². The molecule has 0 fully saturated rings. The first kappa shape index (κ1) is 26.5. The Morgan fingerprint density at radius 1 is 0.367 bits per heavy atom. The van der Waals surface area contributed by atoms with Crippen LogP contribution in [-0.2, 0) is 0 Å². The predicted octanol–water partition coefficient (Wildman–Crippen LogP) is 13.1. The van der Waals surface area contributed by atoms with E-state index < -0.39 is 0 Å². The third-order valence-electron chi connectivity index (χ3n) is 10.2. The van der Waals surface area contributed by atoms with Crippen molar-refractivity contribution < 1.29 is 8.83 Å². The average molecular weight is 626 g/mol. The van der Waals surface area contributed by atoms with Crippen molar-refractivity contribution in [1.82, 2.24) is 4.57 Å². The van der Waals surface area contributed by atoms with Crippen molar-refractivity contribution in [3.63, 3.8) is 0 Å². The van der Waals surface area contributed by atoms with Crippen molar-refractivity contribution in [1.29, 1.82) is 0 Å². The highest BCUT2D eigenvalue weighted by atomic mass is 16.3. The topological polar surface area (TPSA) is 31.2 Å². The molecular formula is C46H27NO2. The van der Waals surface area contributed by atoms with Gasteiger partial charge in [-0.15, -0.1) is 0 Å². The SMILES string of the molecule is c1ccc(-n2c3ccccc3c3ccc(-c4c5ccccc5c(-c5ccc6c(c5)oc5cc7ccoc7cc56)c5ccccc45)cc32)cc1. The van der Waals surface area contributed by atoms with Gasteiger partial charge in [0.2, 0.25) is 0 Å². The zero-order chi connectivity index (χ0) is 32.1. The van der Waals surface area contributed by atoms with E-state index in [9.17, 15) is 0 Å². The Morgan fingerprint density at radius 3 is 1.65 bits per heavy atom. The lowest BCUT2D eigenvalue weighted by molar-refractivity contribution is 0.616. The van der Waals surface area contributed by atoms with Crippen LogP contribution in [0.25, 0.3) is 104 Å². The molecule has 3 aromatic heterocycles. The fourth-order valence-electron chi connectivity index (χ4n) is 8.12. The largest absolute Gasteiger partial charge is 0.464 e. The number of nitrogens with zero attached hydrogens (tertiary/aromatic N) is 1. The maximum absolute atomic E-state index is 6.48. The van der Waals surface area contributed by atoms with E-state index in [4.69, 9.17) is 8.83 Å². The number of para-hydroxylation sites is 2. The van der Waals surface area contributed by atoms with Crippen molar-refractivity contribution in [3.8, 4) is 27.9 Å². The van der Waals surface area contributed by atoms with Gasteiger partial charge in [0.15, 0.2) is 0 Å². The molecule has 0 amide bonds. The normalized spacial score (nSPS) is 12.1. The monoisotopic (exact) mass is 625 g/mol. The van der Waals surface area contributed by atoms with Crippen LogP contribution < -0.4 is 0 Å². The van der Waals surface area contributed by atoms with Crippen LogP contribution in [-0.4, -0.2) is 4.57 Å². The summed E-state index contributed by atoms with van der Waals surface area (Å²) in [5.41, 5.74) is 11.0. The van der Waals surface area contributed by atoms with Gasteiger partial charge in [0.25, 0.3) is 0 Å². The summed E-state index contributed by atoms with van der Waals surface area (Å²) in [5.74, 6) is 0. The van der Waals surface area contributed by atoms with Gasteiger partial charge in [0.05, 0.1) is 17.3 Å². The maximum Gasteiger partial charge on any atom is 0.136 e. The zero-order valence-electron chi connectivity index (χ0n) is 26.4. The molecule has 0 unspecified atom stereocenters. The Hall–Kier alpha value is -6.58. The highest BCUT2D eigenvalue weighted by molar-refractivity contribution is 6.23. The van der Waals surface area contributed by atoms with Crippen molar-refractivity contribution in [2.24, 2.45) is 0 Å². The van der Waals surface area contributed by atoms with Crippen LogP contribution in [0, 0.1) is 0 Å². The number of furan rings is 2. The van der Waals surface area contributed by atoms with Gasteiger partial charge in [0.1, 0.15) is 16.7 Å². The van der Waals surface area contributed by atoms with Crippen LogP contribution in [0.1, 0.15) is 0 Å². The van der Waals surface area contributed by atoms with Gasteiger partial charge in [-0.25, -0.2) is 0 Å². The van der Waals surface area contributed by atoms with Gasteiger partial charge >= 0.3 is 0 Å². The Bertz CT molecular complexity index is 3050. The molecule has 0 N–H and O–H groups in total. The molecule has 0 saturated heterocycles. The van der Waals surface area contributed by atoms with Gasteiger partial charge in [-0.3, -0.25) is 0 Å². The number of hydrogen-bond acceptors (Lipinski definition) is 2. The summed E-state index contributed by atoms with van der Waals surface area (Å²) in [4.78, 5) is 0. The average Bonchev–Trinajstić information content (AvgIpc) is 3.85. The van der Waals surface area contributed by atoms with E-state index in [1.807, 2.05) is 6.07 Å². The maximum atomic E-state index is 6.48. The van der Waals surface area contributed by atoms with Gasteiger partial charge in [-0.2, -0.15) is 0 Å². The first-order chi connectivity index (χ1) is 24.3. The van der Waals surface area contributed by atoms with Gasteiger partial charge in [-0.1, -0.05) is 103 Å². The van der Waals surface area contributed by atoms with E-state index in [-0.39, 0.29) is 0 Å². The molecule has 0 aliphatic rings. The second kappa shape index (κ2) is 9.96. The summed E-state index contributed by atoms with van der Waals surface area (Å²) in [6.45, 7) is 0. The molecule has 3 heterocycles. The van der Waals surface area contributed by atoms with Gasteiger partial charge in [0, 0.05) is 32.6 Å². The molecule has 0 aliphatic heterocycles. The number of hydrogen-bond donors (Lipinski definition) is 0. The predicted molar refractivity (Wildman–Crippen MR) is 204 cm³/mol. The first-order valence-electron chi connectivity index (χ1n) is 16.7. The number of fused-ring (bicyclic) bond motifs is 9. The van der Waals surface area contributed by atoms with E-state index in [0.29, 0.717) is 0 Å². The second-order valence-electron chi connectivity index (χ2n) is 12.9. The molecule has 0 spiro atoms. The third-order valence-corrected chi connectivity index (χ3v) is 10.2. The van der Waals surface area contributed by atoms with E-state index >= 15 is 0 Å². The Morgan fingerprint density at radius 2 is 0.939 bits per heavy atom. The van der Waals surface area contributed by atoms with Crippen molar-refractivity contribution in [2.75, 3.05) is 0 Å². The minimum Gasteiger partial charge on any atom is -0.464 e. The highest BCUT2D eigenvalue weighted by Crippen LogP contribution is 2.46. The van der Waals surface area contributed by atoms with Crippen LogP contribution in [0.5, 0.6) is 0 Å². The lowest BCUT2D eigenvalue weighted by atomic mass is 9.85. The van der Waals surface area contributed by atoms with E-state index in [0.717, 1.165) is 44.2 Å². The van der Waals surface area contributed by atoms with Crippen molar-refractivity contribution >= 4 is 76.3 Å². The van der Waals surface area contributed by atoms with Crippen molar-refractivity contribution in [3.05, 3.63) is 164 Å². The Kier molecular flexibility index (Phi) is 5.38. The summed E-state index contributed by atoms with van der Waals surface area (Å²) in [5, 5.41) is 10.6. The van der Waals surface area contributed by atoms with Crippen LogP contribution in [0.4, 0.5) is 0 Å². The smallest absolute Gasteiger partial charge is 0.136 e. The quantitative estimate of drug-likeness (QED) is 0.183. The Labute approximate surface area is 280 Å². The molecule has 0 radical (unpaired) electrons. The number of aromatic nitrogens is 1. The fraction of sp³-hybridized carbons (Fsp3) is 0. The van der Waals surface area contributed by atoms with Crippen LogP contribution in [0.15, 0.2) is 173 Å². The Balaban J connectivity index is 1.19. The summed E-state index contributed by atoms with van der Waals surface area (Å²) in [6, 6.07) is 56.8. The fourth-order valence-corrected chi connectivity index (χ4v) is 8.12. The zero-order valence-corrected chi connectivity index (χ0v) is 26.4. The third kappa shape index (κ3) is 3.78. The standard InChI is InChI=1S/C46H27NO2/c1-2-10-31(11-3-1)47-40-17-9-8-12-32(40)33-20-18-29(24-41(33)47)45-35-13-4-6-15-37(35)46(38-16-7-5-14-36(38)45)30-19-21-34-39-27-42-28(22-23-48-42)25-44(39)49-43(34)26-30/h1-27H.